The van der Waals surface area contributed by atoms with Crippen molar-refractivity contribution in [2.24, 2.45) is 0 Å². The Morgan fingerprint density at radius 1 is 1.36 bits per heavy atom. The molecular formula is C20H17N5OS2. The molecule has 1 amide bonds. The van der Waals surface area contributed by atoms with Crippen LogP contribution in [0.4, 0.5) is 0 Å². The van der Waals surface area contributed by atoms with Crippen LogP contribution >= 0.6 is 23.1 Å². The Bertz CT molecular complexity index is 1050. The lowest BCUT2D eigenvalue weighted by atomic mass is 10.1. The molecule has 0 unspecified atom stereocenters. The normalized spacial score (nSPS) is 13.1. The maximum atomic E-state index is 12.8. The highest BCUT2D eigenvalue weighted by molar-refractivity contribution is 7.98. The van der Waals surface area contributed by atoms with Crippen LogP contribution in [-0.2, 0) is 6.54 Å². The molecule has 0 aromatic carbocycles. The van der Waals surface area contributed by atoms with Crippen molar-refractivity contribution in [1.82, 2.24) is 20.3 Å². The number of thiazole rings is 1. The second kappa shape index (κ2) is 8.09. The van der Waals surface area contributed by atoms with Crippen LogP contribution in [0.15, 0.2) is 41.0 Å². The van der Waals surface area contributed by atoms with Gasteiger partial charge in [0.1, 0.15) is 16.1 Å². The van der Waals surface area contributed by atoms with Gasteiger partial charge in [-0.1, -0.05) is 0 Å². The van der Waals surface area contributed by atoms with Crippen LogP contribution < -0.4 is 5.32 Å². The Morgan fingerprint density at radius 2 is 2.14 bits per heavy atom. The number of nitrogens with zero attached hydrogens (tertiary/aromatic N) is 4. The van der Waals surface area contributed by atoms with Crippen LogP contribution in [0.2, 0.25) is 0 Å². The second-order valence-electron chi connectivity index (χ2n) is 6.41. The molecule has 1 saturated carbocycles. The van der Waals surface area contributed by atoms with E-state index < -0.39 is 0 Å². The molecule has 1 N–H and O–H groups in total. The van der Waals surface area contributed by atoms with Crippen LogP contribution in [-0.4, -0.2) is 27.1 Å². The molecular weight excluding hydrogens is 390 g/mol. The van der Waals surface area contributed by atoms with Crippen molar-refractivity contribution in [3.05, 3.63) is 57.8 Å². The molecule has 3 aromatic heterocycles. The first kappa shape index (κ1) is 18.6. The quantitative estimate of drug-likeness (QED) is 0.621. The van der Waals surface area contributed by atoms with E-state index in [2.05, 4.69) is 26.3 Å². The molecule has 6 nitrogen and oxygen atoms in total. The molecule has 0 aliphatic heterocycles. The molecule has 0 saturated heterocycles. The first-order valence-corrected chi connectivity index (χ1v) is 10.9. The van der Waals surface area contributed by atoms with E-state index >= 15 is 0 Å². The van der Waals surface area contributed by atoms with E-state index in [4.69, 9.17) is 0 Å². The van der Waals surface area contributed by atoms with Gasteiger partial charge in [-0.25, -0.2) is 9.97 Å². The van der Waals surface area contributed by atoms with Crippen LogP contribution in [0.3, 0.4) is 0 Å². The number of carbonyl (C=O) groups is 1. The highest BCUT2D eigenvalue weighted by atomic mass is 32.2. The first-order valence-electron chi connectivity index (χ1n) is 8.81. The van der Waals surface area contributed by atoms with Crippen molar-refractivity contribution in [2.45, 2.75) is 30.3 Å². The fraction of sp³-hybridized carbons (Fsp3) is 0.250. The van der Waals surface area contributed by atoms with Crippen LogP contribution in [0.25, 0.3) is 11.3 Å². The molecule has 1 aliphatic rings. The van der Waals surface area contributed by atoms with Gasteiger partial charge in [-0.2, -0.15) is 5.26 Å². The largest absolute Gasteiger partial charge is 0.345 e. The number of nitrogens with one attached hydrogen (secondary N) is 1. The number of hydrogen-bond acceptors (Lipinski definition) is 7. The average molecular weight is 408 g/mol. The van der Waals surface area contributed by atoms with Crippen molar-refractivity contribution in [1.29, 1.82) is 5.26 Å². The Hall–Kier alpha value is -2.76. The predicted molar refractivity (Wildman–Crippen MR) is 109 cm³/mol. The average Bonchev–Trinajstić information content (AvgIpc) is 3.49. The predicted octanol–water partition coefficient (Wildman–Crippen LogP) is 4.00. The van der Waals surface area contributed by atoms with Gasteiger partial charge in [0, 0.05) is 34.9 Å². The van der Waals surface area contributed by atoms with E-state index in [1.54, 1.807) is 18.5 Å². The van der Waals surface area contributed by atoms with Gasteiger partial charge < -0.3 is 5.32 Å². The van der Waals surface area contributed by atoms with Gasteiger partial charge in [0.05, 0.1) is 23.4 Å². The highest BCUT2D eigenvalue weighted by Gasteiger charge is 2.28. The summed E-state index contributed by atoms with van der Waals surface area (Å²) in [5.74, 6) is 0.142. The van der Waals surface area contributed by atoms with E-state index in [-0.39, 0.29) is 5.91 Å². The third kappa shape index (κ3) is 3.91. The first-order chi connectivity index (χ1) is 13.7. The zero-order chi connectivity index (χ0) is 19.5. The molecule has 4 rings (SSSR count). The van der Waals surface area contributed by atoms with Crippen LogP contribution in [0.1, 0.15) is 45.4 Å². The lowest BCUT2D eigenvalue weighted by Gasteiger charge is -2.10. The van der Waals surface area contributed by atoms with Gasteiger partial charge in [0.2, 0.25) is 0 Å². The third-order valence-corrected chi connectivity index (χ3v) is 6.01. The van der Waals surface area contributed by atoms with Gasteiger partial charge in [-0.3, -0.25) is 9.78 Å². The lowest BCUT2D eigenvalue weighted by molar-refractivity contribution is 0.0950. The van der Waals surface area contributed by atoms with Gasteiger partial charge in [-0.05, 0) is 37.3 Å². The van der Waals surface area contributed by atoms with E-state index in [1.165, 1.54) is 23.1 Å². The summed E-state index contributed by atoms with van der Waals surface area (Å²) in [5, 5.41) is 15.8. The number of thioether (sulfide) groups is 1. The SMILES string of the molecule is CSc1nc(C2CC2)cc(C(=O)NCc2nc(-c3ccncc3)cs2)c1C#N. The fourth-order valence-electron chi connectivity index (χ4n) is 2.86. The molecule has 1 fully saturated rings. The van der Waals surface area contributed by atoms with Crippen molar-refractivity contribution >= 4 is 29.0 Å². The number of pyridine rings is 2. The van der Waals surface area contributed by atoms with Crippen molar-refractivity contribution < 1.29 is 4.79 Å². The molecule has 3 aromatic rings. The number of amides is 1. The maximum absolute atomic E-state index is 12.8. The smallest absolute Gasteiger partial charge is 0.253 e. The van der Waals surface area contributed by atoms with E-state index in [9.17, 15) is 10.1 Å². The Kier molecular flexibility index (Phi) is 5.37. The zero-order valence-electron chi connectivity index (χ0n) is 15.2. The molecule has 0 spiro atoms. The highest BCUT2D eigenvalue weighted by Crippen LogP contribution is 2.40. The summed E-state index contributed by atoms with van der Waals surface area (Å²) in [7, 11) is 0. The summed E-state index contributed by atoms with van der Waals surface area (Å²) in [6.07, 6.45) is 7.50. The molecule has 1 aliphatic carbocycles. The minimum absolute atomic E-state index is 0.267. The van der Waals surface area contributed by atoms with Crippen LogP contribution in [0, 0.1) is 11.3 Å². The van der Waals surface area contributed by atoms with Gasteiger partial charge in [0.25, 0.3) is 5.91 Å². The standard InChI is InChI=1S/C20H17N5OS2/c1-27-20-15(9-21)14(8-16(25-20)12-2-3-12)19(26)23-10-18-24-17(11-28-18)13-4-6-22-7-5-13/h4-8,11-12H,2-3,10H2,1H3,(H,23,26). The topological polar surface area (TPSA) is 91.6 Å². The fourth-order valence-corrected chi connectivity index (χ4v) is 4.16. The Labute approximate surface area is 171 Å². The Balaban J connectivity index is 1.52. The molecule has 0 radical (unpaired) electrons. The number of hydrogen-bond donors (Lipinski definition) is 1. The number of carbonyl (C=O) groups excluding carboxylic acids is 1. The molecule has 3 heterocycles. The number of nitriles is 1. The molecule has 0 atom stereocenters. The number of rotatable bonds is 6. The van der Waals surface area contributed by atoms with Crippen molar-refractivity contribution in [2.75, 3.05) is 6.26 Å². The van der Waals surface area contributed by atoms with Gasteiger partial charge in [0.15, 0.2) is 0 Å². The van der Waals surface area contributed by atoms with E-state index in [0.29, 0.717) is 28.6 Å². The zero-order valence-corrected chi connectivity index (χ0v) is 16.8. The molecule has 0 bridgehead atoms. The van der Waals surface area contributed by atoms with Crippen molar-refractivity contribution in [3.8, 4) is 17.3 Å². The molecule has 140 valence electrons. The summed E-state index contributed by atoms with van der Waals surface area (Å²) < 4.78 is 0. The monoisotopic (exact) mass is 407 g/mol. The minimum Gasteiger partial charge on any atom is -0.345 e. The van der Waals surface area contributed by atoms with Gasteiger partial charge >= 0.3 is 0 Å². The lowest BCUT2D eigenvalue weighted by Crippen LogP contribution is -2.24. The summed E-state index contributed by atoms with van der Waals surface area (Å²) in [4.78, 5) is 26.0. The van der Waals surface area contributed by atoms with E-state index in [1.807, 2.05) is 23.8 Å². The Morgan fingerprint density at radius 3 is 2.82 bits per heavy atom. The third-order valence-electron chi connectivity index (χ3n) is 4.48. The summed E-state index contributed by atoms with van der Waals surface area (Å²) in [6, 6.07) is 7.72. The van der Waals surface area contributed by atoms with Crippen molar-refractivity contribution in [3.63, 3.8) is 0 Å². The summed E-state index contributed by atoms with van der Waals surface area (Å²) in [6.45, 7) is 0.315. The molecule has 28 heavy (non-hydrogen) atoms. The van der Waals surface area contributed by atoms with Gasteiger partial charge in [-0.15, -0.1) is 23.1 Å². The second-order valence-corrected chi connectivity index (χ2v) is 8.15. The summed E-state index contributed by atoms with van der Waals surface area (Å²) in [5.41, 5.74) is 3.49. The maximum Gasteiger partial charge on any atom is 0.253 e. The number of aromatic nitrogens is 3. The van der Waals surface area contributed by atoms with E-state index in [0.717, 1.165) is 34.8 Å². The van der Waals surface area contributed by atoms with Crippen LogP contribution in [0.5, 0.6) is 0 Å². The molecule has 8 heteroatoms. The summed E-state index contributed by atoms with van der Waals surface area (Å²) >= 11 is 2.89. The minimum atomic E-state index is -0.267.